The van der Waals surface area contributed by atoms with Crippen LogP contribution >= 0.6 is 0 Å². The van der Waals surface area contributed by atoms with Crippen molar-refractivity contribution in [3.63, 3.8) is 0 Å². The van der Waals surface area contributed by atoms with Crippen LogP contribution in [-0.2, 0) is 19.4 Å². The Kier molecular flexibility index (Phi) is 4.22. The maximum absolute atomic E-state index is 12.6. The number of benzene rings is 1. The molecular formula is C18H19NO6S. The van der Waals surface area contributed by atoms with Gasteiger partial charge in [0.1, 0.15) is 5.58 Å². The number of para-hydroxylation sites is 1. The number of amides is 1. The van der Waals surface area contributed by atoms with Crippen LogP contribution in [0.5, 0.6) is 0 Å². The molecule has 8 heteroatoms. The van der Waals surface area contributed by atoms with Gasteiger partial charge < -0.3 is 14.1 Å². The zero-order valence-electron chi connectivity index (χ0n) is 14.1. The average Bonchev–Trinajstić information content (AvgIpc) is 3.22. The number of furan rings is 1. The van der Waals surface area contributed by atoms with Gasteiger partial charge in [-0.15, -0.1) is 0 Å². The van der Waals surface area contributed by atoms with Crippen molar-refractivity contribution in [2.75, 3.05) is 18.1 Å². The third-order valence-corrected chi connectivity index (χ3v) is 6.53. The second kappa shape index (κ2) is 6.42. The molecule has 1 aromatic heterocycles. The number of ether oxygens (including phenoxy) is 1. The van der Waals surface area contributed by atoms with Crippen molar-refractivity contribution in [3.05, 3.63) is 36.1 Å². The van der Waals surface area contributed by atoms with Crippen LogP contribution in [0, 0.1) is 0 Å². The molecule has 1 saturated carbocycles. The summed E-state index contributed by atoms with van der Waals surface area (Å²) in [6, 6.07) is 8.51. The summed E-state index contributed by atoms with van der Waals surface area (Å²) in [6.07, 6.45) is 2.17. The lowest BCUT2D eigenvalue weighted by Gasteiger charge is -2.28. The quantitative estimate of drug-likeness (QED) is 0.737. The first-order chi connectivity index (χ1) is 12.4. The van der Waals surface area contributed by atoms with Gasteiger partial charge in [-0.2, -0.15) is 0 Å². The summed E-state index contributed by atoms with van der Waals surface area (Å²) >= 11 is 0. The first kappa shape index (κ1) is 17.1. The first-order valence-corrected chi connectivity index (χ1v) is 10.4. The van der Waals surface area contributed by atoms with Crippen molar-refractivity contribution >= 4 is 32.7 Å². The summed E-state index contributed by atoms with van der Waals surface area (Å²) in [5.41, 5.74) is 0.571. The molecule has 4 rings (SSSR count). The third-order valence-electron chi connectivity index (χ3n) is 4.78. The summed E-state index contributed by atoms with van der Waals surface area (Å²) in [5.74, 6) is -0.913. The van der Waals surface area contributed by atoms with Crippen LogP contribution in [0.3, 0.4) is 0 Å². The number of carbonyl (C=O) groups is 2. The van der Waals surface area contributed by atoms with Crippen molar-refractivity contribution < 1.29 is 27.2 Å². The van der Waals surface area contributed by atoms with E-state index in [2.05, 4.69) is 0 Å². The highest BCUT2D eigenvalue weighted by atomic mass is 32.2. The molecule has 1 saturated heterocycles. The van der Waals surface area contributed by atoms with E-state index in [1.54, 1.807) is 23.1 Å². The standard InChI is InChI=1S/C18H19NO6S/c20-17(19(13-5-6-13)14-7-8-26(22,23)11-14)10-24-18(21)16-9-12-3-1-2-4-15(12)25-16/h1-4,9,13-14H,5-8,10-11H2/t14-/m0/s1. The lowest BCUT2D eigenvalue weighted by Crippen LogP contribution is -2.44. The fourth-order valence-corrected chi connectivity index (χ4v) is 5.12. The molecule has 26 heavy (non-hydrogen) atoms. The molecule has 2 fully saturated rings. The number of rotatable bonds is 5. The Balaban J connectivity index is 1.41. The lowest BCUT2D eigenvalue weighted by molar-refractivity contribution is -0.137. The van der Waals surface area contributed by atoms with E-state index in [-0.39, 0.29) is 35.3 Å². The van der Waals surface area contributed by atoms with Gasteiger partial charge >= 0.3 is 5.97 Å². The molecule has 1 atom stereocenters. The van der Waals surface area contributed by atoms with E-state index in [1.807, 2.05) is 12.1 Å². The molecule has 2 aliphatic rings. The topological polar surface area (TPSA) is 93.9 Å². The molecule has 7 nitrogen and oxygen atoms in total. The van der Waals surface area contributed by atoms with Gasteiger partial charge in [0.2, 0.25) is 5.76 Å². The van der Waals surface area contributed by atoms with E-state index in [4.69, 9.17) is 9.15 Å². The Morgan fingerprint density at radius 2 is 1.92 bits per heavy atom. The second-order valence-corrected chi connectivity index (χ2v) is 9.04. The predicted molar refractivity (Wildman–Crippen MR) is 93.4 cm³/mol. The van der Waals surface area contributed by atoms with E-state index in [0.29, 0.717) is 12.0 Å². The number of hydrogen-bond donors (Lipinski definition) is 0. The monoisotopic (exact) mass is 377 g/mol. The van der Waals surface area contributed by atoms with Gasteiger partial charge in [0, 0.05) is 17.5 Å². The smallest absolute Gasteiger partial charge is 0.374 e. The maximum Gasteiger partial charge on any atom is 0.374 e. The third kappa shape index (κ3) is 3.46. The molecule has 1 aromatic carbocycles. The van der Waals surface area contributed by atoms with Gasteiger partial charge in [0.25, 0.3) is 5.91 Å². The van der Waals surface area contributed by atoms with Gasteiger partial charge in [0.15, 0.2) is 16.4 Å². The summed E-state index contributed by atoms with van der Waals surface area (Å²) in [6.45, 7) is -0.414. The normalized spacial score (nSPS) is 21.6. The van der Waals surface area contributed by atoms with Crippen LogP contribution in [0.25, 0.3) is 11.0 Å². The number of hydrogen-bond acceptors (Lipinski definition) is 6. The van der Waals surface area contributed by atoms with E-state index in [0.717, 1.165) is 18.2 Å². The van der Waals surface area contributed by atoms with Gasteiger partial charge in [0.05, 0.1) is 11.5 Å². The summed E-state index contributed by atoms with van der Waals surface area (Å²) < 4.78 is 34.0. The molecule has 138 valence electrons. The summed E-state index contributed by atoms with van der Waals surface area (Å²) in [4.78, 5) is 26.3. The fourth-order valence-electron chi connectivity index (χ4n) is 3.41. The molecule has 2 aromatic rings. The van der Waals surface area contributed by atoms with Gasteiger partial charge in [-0.05, 0) is 31.4 Å². The average molecular weight is 377 g/mol. The highest BCUT2D eigenvalue weighted by Crippen LogP contribution is 2.32. The molecular weight excluding hydrogens is 358 g/mol. The minimum atomic E-state index is -3.09. The van der Waals surface area contributed by atoms with E-state index in [1.165, 1.54) is 0 Å². The van der Waals surface area contributed by atoms with Gasteiger partial charge in [-0.25, -0.2) is 13.2 Å². The number of esters is 1. The number of fused-ring (bicyclic) bond motifs is 1. The van der Waals surface area contributed by atoms with E-state index >= 15 is 0 Å². The van der Waals surface area contributed by atoms with Crippen molar-refractivity contribution in [2.24, 2.45) is 0 Å². The largest absolute Gasteiger partial charge is 0.450 e. The Labute approximate surface area is 150 Å². The van der Waals surface area contributed by atoms with E-state index < -0.39 is 22.4 Å². The second-order valence-electron chi connectivity index (χ2n) is 6.81. The molecule has 0 N–H and O–H groups in total. The first-order valence-electron chi connectivity index (χ1n) is 8.60. The SMILES string of the molecule is O=C(OCC(=O)N(C1CC1)[C@H]1CCS(=O)(=O)C1)c1cc2ccccc2o1. The zero-order valence-corrected chi connectivity index (χ0v) is 14.9. The summed E-state index contributed by atoms with van der Waals surface area (Å²) in [7, 11) is -3.09. The zero-order chi connectivity index (χ0) is 18.3. The fraction of sp³-hybridized carbons (Fsp3) is 0.444. The van der Waals surface area contributed by atoms with Gasteiger partial charge in [-0.1, -0.05) is 18.2 Å². The minimum absolute atomic E-state index is 0.00718. The van der Waals surface area contributed by atoms with Crippen LogP contribution < -0.4 is 0 Å². The number of sulfone groups is 1. The Morgan fingerprint density at radius 1 is 1.15 bits per heavy atom. The van der Waals surface area contributed by atoms with Crippen molar-refractivity contribution in [3.8, 4) is 0 Å². The van der Waals surface area contributed by atoms with Crippen LogP contribution in [0.2, 0.25) is 0 Å². The molecule has 1 amide bonds. The molecule has 0 spiro atoms. The molecule has 1 aliphatic heterocycles. The highest BCUT2D eigenvalue weighted by molar-refractivity contribution is 7.91. The van der Waals surface area contributed by atoms with Crippen LogP contribution in [-0.4, -0.2) is 55.4 Å². The molecule has 1 aliphatic carbocycles. The van der Waals surface area contributed by atoms with Crippen molar-refractivity contribution in [2.45, 2.75) is 31.3 Å². The molecule has 0 bridgehead atoms. The Hall–Kier alpha value is -2.35. The Morgan fingerprint density at radius 3 is 2.58 bits per heavy atom. The molecule has 2 heterocycles. The Bertz CT molecular complexity index is 926. The van der Waals surface area contributed by atoms with Crippen molar-refractivity contribution in [1.29, 1.82) is 0 Å². The van der Waals surface area contributed by atoms with E-state index in [9.17, 15) is 18.0 Å². The lowest BCUT2D eigenvalue weighted by atomic mass is 10.2. The van der Waals surface area contributed by atoms with Crippen molar-refractivity contribution in [1.82, 2.24) is 4.90 Å². The predicted octanol–water partition coefficient (Wildman–Crippen LogP) is 1.77. The molecule has 0 radical (unpaired) electrons. The number of nitrogens with zero attached hydrogens (tertiary/aromatic N) is 1. The van der Waals surface area contributed by atoms with Crippen LogP contribution in [0.1, 0.15) is 29.8 Å². The number of carbonyl (C=O) groups excluding carboxylic acids is 2. The maximum atomic E-state index is 12.6. The highest BCUT2D eigenvalue weighted by Gasteiger charge is 2.42. The van der Waals surface area contributed by atoms with Crippen LogP contribution in [0.4, 0.5) is 0 Å². The summed E-state index contributed by atoms with van der Waals surface area (Å²) in [5, 5.41) is 0.779. The molecule has 0 unspecified atom stereocenters. The van der Waals surface area contributed by atoms with Gasteiger partial charge in [-0.3, -0.25) is 4.79 Å². The van der Waals surface area contributed by atoms with Crippen LogP contribution in [0.15, 0.2) is 34.7 Å². The minimum Gasteiger partial charge on any atom is -0.450 e.